The van der Waals surface area contributed by atoms with E-state index in [0.717, 1.165) is 54.0 Å². The van der Waals surface area contributed by atoms with E-state index in [1.54, 1.807) is 28.4 Å². The van der Waals surface area contributed by atoms with Gasteiger partial charge in [-0.25, -0.2) is 4.98 Å². The second kappa shape index (κ2) is 9.75. The van der Waals surface area contributed by atoms with Gasteiger partial charge in [-0.05, 0) is 49.2 Å². The Bertz CT molecular complexity index is 1050. The summed E-state index contributed by atoms with van der Waals surface area (Å²) in [6.07, 6.45) is 0.853. The van der Waals surface area contributed by atoms with Gasteiger partial charge < -0.3 is 4.74 Å². The fourth-order valence-corrected chi connectivity index (χ4v) is 5.15. The molecular weight excluding hydrogens is 486 g/mol. The molecule has 0 atom stereocenters. The van der Waals surface area contributed by atoms with E-state index in [-0.39, 0.29) is 5.91 Å². The highest BCUT2D eigenvalue weighted by atomic mass is 79.9. The Morgan fingerprint density at radius 1 is 1.27 bits per heavy atom. The van der Waals surface area contributed by atoms with Crippen molar-refractivity contribution >= 4 is 60.1 Å². The molecule has 3 aromatic rings. The van der Waals surface area contributed by atoms with Gasteiger partial charge in [0.15, 0.2) is 5.13 Å². The van der Waals surface area contributed by atoms with Crippen LogP contribution >= 0.6 is 38.9 Å². The molecule has 4 rings (SSSR count). The molecule has 0 saturated carbocycles. The number of rotatable bonds is 6. The molecule has 1 aromatic heterocycles. The Morgan fingerprint density at radius 2 is 2.07 bits per heavy atom. The van der Waals surface area contributed by atoms with E-state index in [1.807, 2.05) is 18.2 Å². The first-order valence-corrected chi connectivity index (χ1v) is 11.9. The fourth-order valence-electron chi connectivity index (χ4n) is 3.50. The summed E-state index contributed by atoms with van der Waals surface area (Å²) in [6.45, 7) is 6.98. The van der Waals surface area contributed by atoms with Crippen LogP contribution in [-0.4, -0.2) is 55.2 Å². The van der Waals surface area contributed by atoms with Gasteiger partial charge >= 0.3 is 0 Å². The van der Waals surface area contributed by atoms with Gasteiger partial charge in [0.05, 0.1) is 34.0 Å². The van der Waals surface area contributed by atoms with Crippen molar-refractivity contribution in [2.75, 3.05) is 44.3 Å². The number of carbonyl (C=O) groups is 1. The molecule has 2 heterocycles. The van der Waals surface area contributed by atoms with E-state index in [1.165, 1.54) is 5.56 Å². The van der Waals surface area contributed by atoms with E-state index >= 15 is 0 Å². The Kier molecular flexibility index (Phi) is 7.05. The number of hydrogen-bond acceptors (Lipinski definition) is 5. The molecule has 2 aromatic carbocycles. The molecule has 1 fully saturated rings. The average molecular weight is 509 g/mol. The van der Waals surface area contributed by atoms with Gasteiger partial charge in [-0.1, -0.05) is 44.9 Å². The van der Waals surface area contributed by atoms with E-state index in [9.17, 15) is 4.79 Å². The third-order valence-corrected chi connectivity index (χ3v) is 6.99. The van der Waals surface area contributed by atoms with E-state index in [0.29, 0.717) is 22.3 Å². The third kappa shape index (κ3) is 5.03. The van der Waals surface area contributed by atoms with Crippen LogP contribution in [0.1, 0.15) is 22.3 Å². The Labute approximate surface area is 193 Å². The van der Waals surface area contributed by atoms with Gasteiger partial charge in [-0.3, -0.25) is 14.6 Å². The lowest BCUT2D eigenvalue weighted by Crippen LogP contribution is -2.39. The molecule has 5 nitrogen and oxygen atoms in total. The second-order valence-electron chi connectivity index (χ2n) is 7.36. The van der Waals surface area contributed by atoms with Gasteiger partial charge in [0.2, 0.25) is 0 Å². The molecule has 0 N–H and O–H groups in total. The first-order chi connectivity index (χ1) is 14.5. The van der Waals surface area contributed by atoms with Crippen molar-refractivity contribution in [3.05, 3.63) is 57.0 Å². The van der Waals surface area contributed by atoms with Crippen LogP contribution in [0.2, 0.25) is 5.02 Å². The van der Waals surface area contributed by atoms with Crippen LogP contribution in [-0.2, 0) is 4.74 Å². The molecule has 0 unspecified atom stereocenters. The van der Waals surface area contributed by atoms with Crippen LogP contribution in [0.4, 0.5) is 5.13 Å². The van der Waals surface area contributed by atoms with Crippen LogP contribution in [0.15, 0.2) is 40.9 Å². The molecule has 158 valence electrons. The molecule has 1 saturated heterocycles. The van der Waals surface area contributed by atoms with Gasteiger partial charge in [0.1, 0.15) is 0 Å². The number of aryl methyl sites for hydroxylation is 1. The molecule has 1 amide bonds. The molecule has 30 heavy (non-hydrogen) atoms. The highest BCUT2D eigenvalue weighted by Crippen LogP contribution is 2.32. The highest BCUT2D eigenvalue weighted by molar-refractivity contribution is 9.10. The number of fused-ring (bicyclic) bond motifs is 1. The number of ether oxygens (including phenoxy) is 1. The minimum Gasteiger partial charge on any atom is -0.379 e. The van der Waals surface area contributed by atoms with Crippen molar-refractivity contribution in [2.24, 2.45) is 0 Å². The zero-order chi connectivity index (χ0) is 21.1. The quantitative estimate of drug-likeness (QED) is 0.448. The summed E-state index contributed by atoms with van der Waals surface area (Å²) in [5.41, 5.74) is 2.57. The number of hydrogen-bond donors (Lipinski definition) is 0. The summed E-state index contributed by atoms with van der Waals surface area (Å²) in [4.78, 5) is 22.4. The van der Waals surface area contributed by atoms with Crippen LogP contribution in [0.5, 0.6) is 0 Å². The summed E-state index contributed by atoms with van der Waals surface area (Å²) in [7, 11) is 0. The predicted molar refractivity (Wildman–Crippen MR) is 127 cm³/mol. The maximum Gasteiger partial charge on any atom is 0.261 e. The number of morpholine rings is 1. The highest BCUT2D eigenvalue weighted by Gasteiger charge is 2.24. The minimum atomic E-state index is -0.126. The lowest BCUT2D eigenvalue weighted by molar-refractivity contribution is 0.0376. The zero-order valence-electron chi connectivity index (χ0n) is 16.7. The number of anilines is 1. The van der Waals surface area contributed by atoms with E-state index < -0.39 is 0 Å². The predicted octanol–water partition coefficient (Wildman–Crippen LogP) is 5.39. The first kappa shape index (κ1) is 21.7. The standard InChI is InChI=1S/C22H23BrClN3O2S/c1-15-3-6-19-20(13-15)30-22(25-19)27(8-2-7-26-9-11-29-12-10-26)21(28)17-14-16(23)4-5-18(17)24/h3-6,13-14H,2,7-12H2,1H3. The molecule has 1 aliphatic rings. The minimum absolute atomic E-state index is 0.126. The van der Waals surface area contributed by atoms with Crippen molar-refractivity contribution in [2.45, 2.75) is 13.3 Å². The number of amides is 1. The average Bonchev–Trinajstić information content (AvgIpc) is 3.16. The Hall–Kier alpha value is -1.51. The molecule has 0 aliphatic carbocycles. The molecular formula is C22H23BrClN3O2S. The summed E-state index contributed by atoms with van der Waals surface area (Å²) in [5.74, 6) is -0.126. The van der Waals surface area contributed by atoms with Crippen molar-refractivity contribution in [3.63, 3.8) is 0 Å². The van der Waals surface area contributed by atoms with Crippen LogP contribution in [0.3, 0.4) is 0 Å². The second-order valence-corrected chi connectivity index (χ2v) is 9.69. The normalized spacial score (nSPS) is 14.9. The van der Waals surface area contributed by atoms with Gasteiger partial charge in [0, 0.05) is 30.7 Å². The number of halogens is 2. The number of thiazole rings is 1. The maximum absolute atomic E-state index is 13.5. The Balaban J connectivity index is 1.60. The van der Waals surface area contributed by atoms with Gasteiger partial charge in [-0.2, -0.15) is 0 Å². The Morgan fingerprint density at radius 3 is 2.87 bits per heavy atom. The summed E-state index contributed by atoms with van der Waals surface area (Å²) in [6, 6.07) is 11.5. The summed E-state index contributed by atoms with van der Waals surface area (Å²) in [5, 5.41) is 1.15. The SMILES string of the molecule is Cc1ccc2nc(N(CCCN3CCOCC3)C(=O)c3cc(Br)ccc3Cl)sc2c1. The largest absolute Gasteiger partial charge is 0.379 e. The summed E-state index contributed by atoms with van der Waals surface area (Å²) >= 11 is 11.4. The topological polar surface area (TPSA) is 45.7 Å². The number of carbonyl (C=O) groups excluding carboxylic acids is 1. The van der Waals surface area contributed by atoms with Crippen LogP contribution in [0.25, 0.3) is 10.2 Å². The first-order valence-electron chi connectivity index (χ1n) is 9.95. The monoisotopic (exact) mass is 507 g/mol. The number of aromatic nitrogens is 1. The van der Waals surface area contributed by atoms with Crippen LogP contribution < -0.4 is 4.90 Å². The molecule has 0 radical (unpaired) electrons. The lowest BCUT2D eigenvalue weighted by Gasteiger charge is -2.27. The third-order valence-electron chi connectivity index (χ3n) is 5.13. The zero-order valence-corrected chi connectivity index (χ0v) is 19.9. The smallest absolute Gasteiger partial charge is 0.261 e. The number of benzene rings is 2. The number of nitrogens with zero attached hydrogens (tertiary/aromatic N) is 3. The van der Waals surface area contributed by atoms with Crippen molar-refractivity contribution in [3.8, 4) is 0 Å². The van der Waals surface area contributed by atoms with Crippen LogP contribution in [0, 0.1) is 6.92 Å². The van der Waals surface area contributed by atoms with Gasteiger partial charge in [-0.15, -0.1) is 0 Å². The van der Waals surface area contributed by atoms with E-state index in [2.05, 4.69) is 33.8 Å². The van der Waals surface area contributed by atoms with Crippen molar-refractivity contribution in [1.82, 2.24) is 9.88 Å². The van der Waals surface area contributed by atoms with Crippen molar-refractivity contribution < 1.29 is 9.53 Å². The molecule has 0 bridgehead atoms. The molecule has 0 spiro atoms. The van der Waals surface area contributed by atoms with Gasteiger partial charge in [0.25, 0.3) is 5.91 Å². The molecule has 1 aliphatic heterocycles. The maximum atomic E-state index is 13.5. The fraction of sp³-hybridized carbons (Fsp3) is 0.364. The van der Waals surface area contributed by atoms with Crippen molar-refractivity contribution in [1.29, 1.82) is 0 Å². The van der Waals surface area contributed by atoms with E-state index in [4.69, 9.17) is 21.3 Å². The lowest BCUT2D eigenvalue weighted by atomic mass is 10.2. The molecule has 8 heteroatoms. The summed E-state index contributed by atoms with van der Waals surface area (Å²) < 4.78 is 7.33.